The molecule has 0 radical (unpaired) electrons. The van der Waals surface area contributed by atoms with Crippen LogP contribution in [0.15, 0.2) is 6.20 Å². The summed E-state index contributed by atoms with van der Waals surface area (Å²) in [6.07, 6.45) is 2.41. The molecule has 1 saturated heterocycles. The summed E-state index contributed by atoms with van der Waals surface area (Å²) in [7, 11) is 3.24. The second-order valence-corrected chi connectivity index (χ2v) is 5.24. The smallest absolute Gasteiger partial charge is 0.322 e. The zero-order chi connectivity index (χ0) is 15.4. The minimum Gasteiger partial charge on any atom is -0.393 e. The highest BCUT2D eigenvalue weighted by molar-refractivity contribution is 5.87. The molecule has 1 aliphatic heterocycles. The third kappa shape index (κ3) is 4.15. The molecule has 1 aromatic heterocycles. The minimum absolute atomic E-state index is 0.0704. The van der Waals surface area contributed by atoms with Crippen LogP contribution in [-0.4, -0.2) is 75.1 Å². The van der Waals surface area contributed by atoms with E-state index < -0.39 is 0 Å². The summed E-state index contributed by atoms with van der Waals surface area (Å²) in [4.78, 5) is 26.6. The summed E-state index contributed by atoms with van der Waals surface area (Å²) in [6, 6.07) is -0.307. The van der Waals surface area contributed by atoms with Crippen LogP contribution in [-0.2, 0) is 11.3 Å². The van der Waals surface area contributed by atoms with Crippen LogP contribution >= 0.6 is 0 Å². The summed E-state index contributed by atoms with van der Waals surface area (Å²) in [5.41, 5.74) is 0. The van der Waals surface area contributed by atoms with Crippen molar-refractivity contribution >= 4 is 17.8 Å². The van der Waals surface area contributed by atoms with Gasteiger partial charge in [-0.3, -0.25) is 10.1 Å². The zero-order valence-electron chi connectivity index (χ0n) is 12.2. The maximum absolute atomic E-state index is 12.1. The molecule has 2 N–H and O–H groups in total. The van der Waals surface area contributed by atoms with E-state index in [0.717, 1.165) is 0 Å². The van der Waals surface area contributed by atoms with Gasteiger partial charge >= 0.3 is 6.03 Å². The van der Waals surface area contributed by atoms with Gasteiger partial charge in [-0.2, -0.15) is 0 Å². The van der Waals surface area contributed by atoms with Gasteiger partial charge in [0, 0.05) is 27.2 Å². The van der Waals surface area contributed by atoms with Gasteiger partial charge in [-0.25, -0.2) is 9.48 Å². The van der Waals surface area contributed by atoms with Crippen molar-refractivity contribution in [1.82, 2.24) is 24.8 Å². The molecule has 1 aliphatic rings. The number of carbonyl (C=O) groups excluding carboxylic acids is 2. The number of aliphatic hydroxyl groups excluding tert-OH is 1. The predicted octanol–water partition coefficient (Wildman–Crippen LogP) is -0.645. The van der Waals surface area contributed by atoms with Gasteiger partial charge < -0.3 is 14.9 Å². The van der Waals surface area contributed by atoms with E-state index >= 15 is 0 Å². The number of hydrogen-bond acceptors (Lipinski definition) is 5. The first kappa shape index (κ1) is 15.2. The Balaban J connectivity index is 1.87. The van der Waals surface area contributed by atoms with Crippen molar-refractivity contribution in [3.05, 3.63) is 6.20 Å². The Morgan fingerprint density at radius 2 is 2.10 bits per heavy atom. The zero-order valence-corrected chi connectivity index (χ0v) is 12.2. The maximum Gasteiger partial charge on any atom is 0.322 e. The van der Waals surface area contributed by atoms with Gasteiger partial charge in [0.15, 0.2) is 5.82 Å². The monoisotopic (exact) mass is 296 g/mol. The van der Waals surface area contributed by atoms with Crippen LogP contribution in [0, 0.1) is 0 Å². The lowest BCUT2D eigenvalue weighted by molar-refractivity contribution is -0.134. The van der Waals surface area contributed by atoms with E-state index in [1.165, 1.54) is 15.8 Å². The highest BCUT2D eigenvalue weighted by atomic mass is 16.3. The van der Waals surface area contributed by atoms with Crippen molar-refractivity contribution < 1.29 is 14.7 Å². The number of amides is 3. The van der Waals surface area contributed by atoms with Crippen LogP contribution < -0.4 is 5.32 Å². The molecular formula is C12H20N6O3. The summed E-state index contributed by atoms with van der Waals surface area (Å²) in [6.45, 7) is 1.18. The SMILES string of the molecule is CN(C)C(=O)Nc1cn(CC(=O)N2CCC(O)CC2)nn1. The number of likely N-dealkylation sites (tertiary alicyclic amines) is 1. The fraction of sp³-hybridized carbons (Fsp3) is 0.667. The molecule has 1 fully saturated rings. The van der Waals surface area contributed by atoms with Crippen molar-refractivity contribution in [2.75, 3.05) is 32.5 Å². The van der Waals surface area contributed by atoms with Gasteiger partial charge in [-0.05, 0) is 12.8 Å². The van der Waals surface area contributed by atoms with Gasteiger partial charge in [0.1, 0.15) is 6.54 Å². The normalized spacial score (nSPS) is 15.9. The highest BCUT2D eigenvalue weighted by Crippen LogP contribution is 2.10. The van der Waals surface area contributed by atoms with Crippen molar-refractivity contribution in [3.8, 4) is 0 Å². The molecule has 9 heteroatoms. The van der Waals surface area contributed by atoms with Crippen molar-refractivity contribution in [2.45, 2.75) is 25.5 Å². The molecule has 2 rings (SSSR count). The quantitative estimate of drug-likeness (QED) is 0.772. The molecule has 0 aromatic carbocycles. The Kier molecular flexibility index (Phi) is 4.73. The van der Waals surface area contributed by atoms with Gasteiger partial charge in [-0.15, -0.1) is 5.10 Å². The molecule has 116 valence electrons. The number of aromatic nitrogens is 3. The second-order valence-electron chi connectivity index (χ2n) is 5.24. The number of hydrogen-bond donors (Lipinski definition) is 2. The molecule has 1 aromatic rings. The summed E-state index contributed by atoms with van der Waals surface area (Å²) < 4.78 is 1.39. The topological polar surface area (TPSA) is 104 Å². The van der Waals surface area contributed by atoms with Crippen LogP contribution in [0.2, 0.25) is 0 Å². The number of anilines is 1. The predicted molar refractivity (Wildman–Crippen MR) is 74.5 cm³/mol. The van der Waals surface area contributed by atoms with Crippen LogP contribution in [0.1, 0.15) is 12.8 Å². The molecule has 0 aliphatic carbocycles. The van der Waals surface area contributed by atoms with Crippen LogP contribution in [0.5, 0.6) is 0 Å². The van der Waals surface area contributed by atoms with Crippen LogP contribution in [0.25, 0.3) is 0 Å². The summed E-state index contributed by atoms with van der Waals surface area (Å²) >= 11 is 0. The molecule has 21 heavy (non-hydrogen) atoms. The third-order valence-corrected chi connectivity index (χ3v) is 3.29. The van der Waals surface area contributed by atoms with Crippen LogP contribution in [0.4, 0.5) is 10.6 Å². The summed E-state index contributed by atoms with van der Waals surface area (Å²) in [5.74, 6) is 0.229. The van der Waals surface area contributed by atoms with Crippen molar-refractivity contribution in [1.29, 1.82) is 0 Å². The highest BCUT2D eigenvalue weighted by Gasteiger charge is 2.21. The van der Waals surface area contributed by atoms with E-state index in [1.807, 2.05) is 0 Å². The van der Waals surface area contributed by atoms with E-state index in [2.05, 4.69) is 15.6 Å². The molecule has 0 atom stereocenters. The van der Waals surface area contributed by atoms with E-state index in [4.69, 9.17) is 0 Å². The van der Waals surface area contributed by atoms with Gasteiger partial charge in [-0.1, -0.05) is 5.21 Å². The number of carbonyl (C=O) groups is 2. The van der Waals surface area contributed by atoms with Gasteiger partial charge in [0.05, 0.1) is 12.3 Å². The largest absolute Gasteiger partial charge is 0.393 e. The molecule has 9 nitrogen and oxygen atoms in total. The average molecular weight is 296 g/mol. The molecule has 0 saturated carbocycles. The van der Waals surface area contributed by atoms with Gasteiger partial charge in [0.25, 0.3) is 0 Å². The third-order valence-electron chi connectivity index (χ3n) is 3.29. The number of aliphatic hydroxyl groups is 1. The lowest BCUT2D eigenvalue weighted by Gasteiger charge is -2.29. The lowest BCUT2D eigenvalue weighted by Crippen LogP contribution is -2.41. The number of nitrogens with zero attached hydrogens (tertiary/aromatic N) is 5. The maximum atomic E-state index is 12.1. The van der Waals surface area contributed by atoms with E-state index in [9.17, 15) is 14.7 Å². The van der Waals surface area contributed by atoms with E-state index in [1.54, 1.807) is 19.0 Å². The first-order valence-corrected chi connectivity index (χ1v) is 6.80. The Morgan fingerprint density at radius 1 is 1.43 bits per heavy atom. The van der Waals surface area contributed by atoms with Crippen LogP contribution in [0.3, 0.4) is 0 Å². The molecule has 2 heterocycles. The van der Waals surface area contributed by atoms with Gasteiger partial charge in [0.2, 0.25) is 5.91 Å². The van der Waals surface area contributed by atoms with Crippen molar-refractivity contribution in [2.24, 2.45) is 0 Å². The lowest BCUT2D eigenvalue weighted by atomic mass is 10.1. The average Bonchev–Trinajstić information content (AvgIpc) is 2.86. The van der Waals surface area contributed by atoms with E-state index in [0.29, 0.717) is 31.7 Å². The van der Waals surface area contributed by atoms with E-state index in [-0.39, 0.29) is 24.6 Å². The Hall–Kier alpha value is -2.16. The molecule has 0 bridgehead atoms. The molecular weight excluding hydrogens is 276 g/mol. The molecule has 0 unspecified atom stereocenters. The Labute approximate surface area is 122 Å². The Morgan fingerprint density at radius 3 is 2.71 bits per heavy atom. The standard InChI is InChI=1S/C12H20N6O3/c1-16(2)12(21)13-10-7-18(15-14-10)8-11(20)17-5-3-9(19)4-6-17/h7,9,19H,3-6,8H2,1-2H3,(H,13,21). The number of rotatable bonds is 3. The Bertz CT molecular complexity index is 507. The molecule has 0 spiro atoms. The summed E-state index contributed by atoms with van der Waals surface area (Å²) in [5, 5.41) is 19.6. The number of piperidine rings is 1. The first-order valence-electron chi connectivity index (χ1n) is 6.80. The minimum atomic E-state index is -0.312. The first-order chi connectivity index (χ1) is 9.95. The fourth-order valence-electron chi connectivity index (χ4n) is 2.01. The number of nitrogens with one attached hydrogen (secondary N) is 1. The number of urea groups is 1. The molecule has 3 amide bonds. The van der Waals surface area contributed by atoms with Crippen molar-refractivity contribution in [3.63, 3.8) is 0 Å². The second kappa shape index (κ2) is 6.53. The fourth-order valence-corrected chi connectivity index (χ4v) is 2.01.